The van der Waals surface area contributed by atoms with Gasteiger partial charge in [-0.05, 0) is 18.4 Å². The lowest BCUT2D eigenvalue weighted by atomic mass is 10.0. The molecule has 0 radical (unpaired) electrons. The maximum Gasteiger partial charge on any atom is 0.0229 e. The molecule has 3 N–H and O–H groups in total. The van der Waals surface area contributed by atoms with Gasteiger partial charge in [-0.2, -0.15) is 0 Å². The van der Waals surface area contributed by atoms with Crippen molar-refractivity contribution in [3.63, 3.8) is 0 Å². The second kappa shape index (κ2) is 3.28. The summed E-state index contributed by atoms with van der Waals surface area (Å²) in [5.74, 6) is 0.368. The lowest BCUT2D eigenvalue weighted by Crippen LogP contribution is -2.04. The van der Waals surface area contributed by atoms with Crippen molar-refractivity contribution in [2.24, 2.45) is 11.7 Å². The van der Waals surface area contributed by atoms with Gasteiger partial charge in [0.1, 0.15) is 0 Å². The van der Waals surface area contributed by atoms with Crippen molar-refractivity contribution >= 4 is 6.21 Å². The fourth-order valence-electron chi connectivity index (χ4n) is 0.736. The van der Waals surface area contributed by atoms with E-state index in [9.17, 15) is 0 Å². The first-order valence-electron chi connectivity index (χ1n) is 3.06. The summed E-state index contributed by atoms with van der Waals surface area (Å²) in [6.07, 6.45) is 1.32. The van der Waals surface area contributed by atoms with E-state index in [0.29, 0.717) is 5.92 Å². The monoisotopic (exact) mass is 126 g/mol. The minimum atomic E-state index is 0.368. The SMILES string of the molecule is CC(N)=C(C=N)C(C)C. The number of nitrogens with two attached hydrogens (primary N) is 1. The molecule has 0 aromatic carbocycles. The summed E-state index contributed by atoms with van der Waals surface area (Å²) >= 11 is 0. The summed E-state index contributed by atoms with van der Waals surface area (Å²) < 4.78 is 0. The Morgan fingerprint density at radius 2 is 2.00 bits per heavy atom. The van der Waals surface area contributed by atoms with Gasteiger partial charge in [0.15, 0.2) is 0 Å². The van der Waals surface area contributed by atoms with Crippen LogP contribution in [0.1, 0.15) is 20.8 Å². The molecule has 0 aliphatic carbocycles. The molecule has 0 aromatic heterocycles. The van der Waals surface area contributed by atoms with Crippen molar-refractivity contribution in [2.45, 2.75) is 20.8 Å². The molecular weight excluding hydrogens is 112 g/mol. The Hall–Kier alpha value is -0.790. The molecule has 0 aliphatic rings. The topological polar surface area (TPSA) is 49.9 Å². The van der Waals surface area contributed by atoms with Crippen LogP contribution >= 0.6 is 0 Å². The molecular formula is C7H14N2. The van der Waals surface area contributed by atoms with E-state index >= 15 is 0 Å². The Bertz CT molecular complexity index is 130. The van der Waals surface area contributed by atoms with Gasteiger partial charge in [-0.15, -0.1) is 0 Å². The highest BCUT2D eigenvalue weighted by Gasteiger charge is 2.00. The molecule has 0 atom stereocenters. The molecule has 0 amide bonds. The Kier molecular flexibility index (Phi) is 2.99. The van der Waals surface area contributed by atoms with Gasteiger partial charge in [0, 0.05) is 11.9 Å². The molecule has 2 nitrogen and oxygen atoms in total. The third kappa shape index (κ3) is 2.31. The largest absolute Gasteiger partial charge is 0.402 e. The molecule has 0 saturated carbocycles. The predicted octanol–water partition coefficient (Wildman–Crippen LogP) is 1.52. The first-order valence-corrected chi connectivity index (χ1v) is 3.06. The molecule has 9 heavy (non-hydrogen) atoms. The minimum absolute atomic E-state index is 0.368. The van der Waals surface area contributed by atoms with E-state index in [0.717, 1.165) is 11.3 Å². The Labute approximate surface area is 56.3 Å². The molecule has 2 heteroatoms. The molecule has 0 unspecified atom stereocenters. The fraction of sp³-hybridized carbons (Fsp3) is 0.571. The molecule has 0 fully saturated rings. The number of nitrogens with one attached hydrogen (secondary N) is 1. The fourth-order valence-corrected chi connectivity index (χ4v) is 0.736. The van der Waals surface area contributed by atoms with Crippen molar-refractivity contribution < 1.29 is 0 Å². The van der Waals surface area contributed by atoms with Crippen molar-refractivity contribution in [3.05, 3.63) is 11.3 Å². The van der Waals surface area contributed by atoms with Gasteiger partial charge in [0.2, 0.25) is 0 Å². The second-order valence-electron chi connectivity index (χ2n) is 2.44. The number of allylic oxidation sites excluding steroid dienone is 2. The average molecular weight is 126 g/mol. The summed E-state index contributed by atoms with van der Waals surface area (Å²) in [5, 5.41) is 6.96. The summed E-state index contributed by atoms with van der Waals surface area (Å²) in [5.41, 5.74) is 7.15. The van der Waals surface area contributed by atoms with E-state index in [1.807, 2.05) is 20.8 Å². The Balaban J connectivity index is 4.34. The van der Waals surface area contributed by atoms with Gasteiger partial charge in [-0.25, -0.2) is 0 Å². The molecule has 0 rings (SSSR count). The Morgan fingerprint density at radius 1 is 1.56 bits per heavy atom. The average Bonchev–Trinajstić information content (AvgIpc) is 1.64. The maximum atomic E-state index is 6.96. The highest BCUT2D eigenvalue weighted by atomic mass is 14.6. The van der Waals surface area contributed by atoms with Crippen LogP contribution in [-0.2, 0) is 0 Å². The van der Waals surface area contributed by atoms with Crippen LogP contribution in [0.25, 0.3) is 0 Å². The first-order chi connectivity index (χ1) is 4.09. The number of rotatable bonds is 2. The van der Waals surface area contributed by atoms with Crippen molar-refractivity contribution in [2.75, 3.05) is 0 Å². The van der Waals surface area contributed by atoms with Gasteiger partial charge >= 0.3 is 0 Å². The normalized spacial score (nSPS) is 13.3. The van der Waals surface area contributed by atoms with Crippen molar-refractivity contribution in [1.82, 2.24) is 0 Å². The van der Waals surface area contributed by atoms with Gasteiger partial charge in [-0.3, -0.25) is 0 Å². The zero-order valence-electron chi connectivity index (χ0n) is 6.23. The van der Waals surface area contributed by atoms with Gasteiger partial charge in [0.25, 0.3) is 0 Å². The summed E-state index contributed by atoms with van der Waals surface area (Å²) in [6.45, 7) is 5.87. The third-order valence-electron chi connectivity index (χ3n) is 1.23. The van der Waals surface area contributed by atoms with Gasteiger partial charge in [-0.1, -0.05) is 13.8 Å². The molecule has 0 aromatic rings. The predicted molar refractivity (Wildman–Crippen MR) is 40.5 cm³/mol. The molecule has 0 heterocycles. The maximum absolute atomic E-state index is 6.96. The van der Waals surface area contributed by atoms with Gasteiger partial charge < -0.3 is 11.1 Å². The van der Waals surface area contributed by atoms with Gasteiger partial charge in [0.05, 0.1) is 0 Å². The lowest BCUT2D eigenvalue weighted by molar-refractivity contribution is 0.792. The van der Waals surface area contributed by atoms with E-state index in [-0.39, 0.29) is 0 Å². The highest BCUT2D eigenvalue weighted by Crippen LogP contribution is 2.07. The van der Waals surface area contributed by atoms with Crippen molar-refractivity contribution in [1.29, 1.82) is 5.41 Å². The zero-order chi connectivity index (χ0) is 7.44. The number of hydrogen-bond acceptors (Lipinski definition) is 2. The molecule has 52 valence electrons. The van der Waals surface area contributed by atoms with E-state index in [4.69, 9.17) is 11.1 Å². The summed E-state index contributed by atoms with van der Waals surface area (Å²) in [7, 11) is 0. The first kappa shape index (κ1) is 8.21. The third-order valence-corrected chi connectivity index (χ3v) is 1.23. The Morgan fingerprint density at radius 3 is 2.00 bits per heavy atom. The van der Waals surface area contributed by atoms with Crippen LogP contribution in [0, 0.1) is 11.3 Å². The molecule has 0 bridgehead atoms. The summed E-state index contributed by atoms with van der Waals surface area (Å²) in [4.78, 5) is 0. The van der Waals surface area contributed by atoms with E-state index in [1.165, 1.54) is 6.21 Å². The van der Waals surface area contributed by atoms with Crippen LogP contribution < -0.4 is 5.73 Å². The lowest BCUT2D eigenvalue weighted by Gasteiger charge is -2.05. The zero-order valence-corrected chi connectivity index (χ0v) is 6.23. The smallest absolute Gasteiger partial charge is 0.0229 e. The quantitative estimate of drug-likeness (QED) is 0.541. The molecule has 0 saturated heterocycles. The van der Waals surface area contributed by atoms with Crippen LogP contribution in [-0.4, -0.2) is 6.21 Å². The van der Waals surface area contributed by atoms with E-state index in [2.05, 4.69) is 0 Å². The minimum Gasteiger partial charge on any atom is -0.402 e. The van der Waals surface area contributed by atoms with Crippen LogP contribution in [0.5, 0.6) is 0 Å². The van der Waals surface area contributed by atoms with Crippen LogP contribution in [0.4, 0.5) is 0 Å². The van der Waals surface area contributed by atoms with Crippen LogP contribution in [0.15, 0.2) is 11.3 Å². The van der Waals surface area contributed by atoms with E-state index < -0.39 is 0 Å². The van der Waals surface area contributed by atoms with Crippen LogP contribution in [0.2, 0.25) is 0 Å². The highest BCUT2D eigenvalue weighted by molar-refractivity contribution is 5.77. The molecule has 0 aliphatic heterocycles. The van der Waals surface area contributed by atoms with Crippen LogP contribution in [0.3, 0.4) is 0 Å². The second-order valence-corrected chi connectivity index (χ2v) is 2.44. The number of hydrogen-bond donors (Lipinski definition) is 2. The van der Waals surface area contributed by atoms with Crippen molar-refractivity contribution in [3.8, 4) is 0 Å². The van der Waals surface area contributed by atoms with E-state index in [1.54, 1.807) is 0 Å². The molecule has 0 spiro atoms. The summed E-state index contributed by atoms with van der Waals surface area (Å²) in [6, 6.07) is 0. The standard InChI is InChI=1S/C7H14N2/c1-5(2)7(4-8)6(3)9/h4-5,8H,9H2,1-3H3.